The number of benzene rings is 1. The Morgan fingerprint density at radius 3 is 2.84 bits per heavy atom. The molecule has 1 aliphatic heterocycles. The molecule has 1 aliphatic rings. The molecule has 0 spiro atoms. The van der Waals surface area contributed by atoms with Crippen LogP contribution in [0.2, 0.25) is 0 Å². The van der Waals surface area contributed by atoms with E-state index in [0.29, 0.717) is 23.9 Å². The minimum Gasteiger partial charge on any atom is -0.486 e. The van der Waals surface area contributed by atoms with E-state index in [0.717, 1.165) is 0 Å². The molecule has 0 fully saturated rings. The lowest BCUT2D eigenvalue weighted by Crippen LogP contribution is -2.42. The highest BCUT2D eigenvalue weighted by molar-refractivity contribution is 5.88. The Kier molecular flexibility index (Phi) is 5.36. The Bertz CT molecular complexity index is 753. The summed E-state index contributed by atoms with van der Waals surface area (Å²) in [7, 11) is 0. The number of amides is 1. The molecule has 0 saturated carbocycles. The normalized spacial score (nSPS) is 15.8. The number of rotatable bonds is 6. The maximum absolute atomic E-state index is 11.7. The maximum Gasteiger partial charge on any atom is 0.331 e. The smallest absolute Gasteiger partial charge is 0.331 e. The summed E-state index contributed by atoms with van der Waals surface area (Å²) in [5.41, 5.74) is 0. The number of nitrogens with one attached hydrogen (secondary N) is 1. The molecule has 1 N–H and O–H groups in total. The second-order valence-electron chi connectivity index (χ2n) is 5.26. The van der Waals surface area contributed by atoms with E-state index < -0.39 is 11.9 Å². The van der Waals surface area contributed by atoms with Crippen molar-refractivity contribution in [2.24, 2.45) is 0 Å². The fraction of sp³-hybridized carbons (Fsp3) is 0.222. The van der Waals surface area contributed by atoms with Crippen molar-refractivity contribution in [3.63, 3.8) is 0 Å². The van der Waals surface area contributed by atoms with Crippen LogP contribution in [-0.4, -0.2) is 37.7 Å². The van der Waals surface area contributed by atoms with Gasteiger partial charge in [-0.15, -0.1) is 0 Å². The minimum absolute atomic E-state index is 0.257. The number of esters is 1. The molecular weight excluding hydrogens is 326 g/mol. The second-order valence-corrected chi connectivity index (χ2v) is 5.26. The number of hydrogen-bond acceptors (Lipinski definition) is 6. The van der Waals surface area contributed by atoms with Crippen LogP contribution in [0.1, 0.15) is 5.76 Å². The summed E-state index contributed by atoms with van der Waals surface area (Å²) in [6, 6.07) is 10.7. The molecule has 2 aromatic rings. The van der Waals surface area contributed by atoms with E-state index in [1.54, 1.807) is 18.2 Å². The van der Waals surface area contributed by atoms with Crippen molar-refractivity contribution >= 4 is 18.0 Å². The monoisotopic (exact) mass is 343 g/mol. The van der Waals surface area contributed by atoms with Gasteiger partial charge in [0.2, 0.25) is 0 Å². The molecule has 1 aromatic heterocycles. The van der Waals surface area contributed by atoms with E-state index in [1.165, 1.54) is 18.4 Å². The Labute approximate surface area is 144 Å². The molecule has 2 heterocycles. The molecular formula is C18H17NO6. The Balaban J connectivity index is 1.36. The molecule has 1 amide bonds. The summed E-state index contributed by atoms with van der Waals surface area (Å²) < 4.78 is 21.2. The topological polar surface area (TPSA) is 87.0 Å². The summed E-state index contributed by atoms with van der Waals surface area (Å²) in [5.74, 6) is 0.806. The molecule has 7 nitrogen and oxygen atoms in total. The van der Waals surface area contributed by atoms with Gasteiger partial charge >= 0.3 is 5.97 Å². The van der Waals surface area contributed by atoms with Crippen LogP contribution in [0.3, 0.4) is 0 Å². The van der Waals surface area contributed by atoms with Crippen molar-refractivity contribution in [1.82, 2.24) is 5.32 Å². The molecule has 0 bridgehead atoms. The lowest BCUT2D eigenvalue weighted by Gasteiger charge is -2.26. The van der Waals surface area contributed by atoms with Gasteiger partial charge in [0.05, 0.1) is 12.8 Å². The highest BCUT2D eigenvalue weighted by atomic mass is 16.6. The van der Waals surface area contributed by atoms with E-state index in [4.69, 9.17) is 18.6 Å². The molecule has 7 heteroatoms. The molecule has 0 unspecified atom stereocenters. The Hall–Kier alpha value is -3.22. The standard InChI is InChI=1S/C18H17NO6/c20-17(12-24-18(21)8-7-13-4-3-9-22-13)19-10-14-11-23-15-5-1-2-6-16(15)25-14/h1-9,14H,10-12H2,(H,19,20)/b8-7+/t14-/m1/s1. The van der Waals surface area contributed by atoms with Crippen LogP contribution >= 0.6 is 0 Å². The summed E-state index contributed by atoms with van der Waals surface area (Å²) >= 11 is 0. The van der Waals surface area contributed by atoms with Crippen molar-refractivity contribution in [3.8, 4) is 11.5 Å². The van der Waals surface area contributed by atoms with Gasteiger partial charge in [0.1, 0.15) is 18.5 Å². The van der Waals surface area contributed by atoms with E-state index in [9.17, 15) is 9.59 Å². The summed E-state index contributed by atoms with van der Waals surface area (Å²) in [4.78, 5) is 23.3. The zero-order valence-electron chi connectivity index (χ0n) is 13.3. The molecule has 0 radical (unpaired) electrons. The molecule has 1 atom stereocenters. The summed E-state index contributed by atoms with van der Waals surface area (Å²) in [6.07, 6.45) is 3.85. The van der Waals surface area contributed by atoms with Crippen LogP contribution in [0.25, 0.3) is 6.08 Å². The van der Waals surface area contributed by atoms with Gasteiger partial charge in [0.15, 0.2) is 18.1 Å². The maximum atomic E-state index is 11.7. The molecule has 0 aliphatic carbocycles. The average Bonchev–Trinajstić information content (AvgIpc) is 3.16. The molecule has 0 saturated heterocycles. The largest absolute Gasteiger partial charge is 0.486 e. The first-order valence-corrected chi connectivity index (χ1v) is 7.74. The lowest BCUT2D eigenvalue weighted by molar-refractivity contribution is -0.143. The van der Waals surface area contributed by atoms with Gasteiger partial charge in [-0.25, -0.2) is 4.79 Å². The summed E-state index contributed by atoms with van der Waals surface area (Å²) in [5, 5.41) is 2.64. The van der Waals surface area contributed by atoms with Crippen molar-refractivity contribution in [2.75, 3.05) is 19.8 Å². The van der Waals surface area contributed by atoms with Crippen molar-refractivity contribution in [3.05, 3.63) is 54.5 Å². The first-order valence-electron chi connectivity index (χ1n) is 7.74. The van der Waals surface area contributed by atoms with Gasteiger partial charge < -0.3 is 23.9 Å². The number of hydrogen-bond donors (Lipinski definition) is 1. The molecule has 130 valence electrons. The van der Waals surface area contributed by atoms with Crippen LogP contribution in [0.4, 0.5) is 0 Å². The first-order chi connectivity index (χ1) is 12.2. The van der Waals surface area contributed by atoms with Crippen LogP contribution < -0.4 is 14.8 Å². The fourth-order valence-electron chi connectivity index (χ4n) is 2.16. The highest BCUT2D eigenvalue weighted by Crippen LogP contribution is 2.30. The van der Waals surface area contributed by atoms with E-state index in [-0.39, 0.29) is 19.3 Å². The average molecular weight is 343 g/mol. The molecule has 1 aromatic carbocycles. The lowest BCUT2D eigenvalue weighted by atomic mass is 10.2. The third-order valence-electron chi connectivity index (χ3n) is 3.37. The van der Waals surface area contributed by atoms with Crippen LogP contribution in [-0.2, 0) is 14.3 Å². The van der Waals surface area contributed by atoms with Gasteiger partial charge in [-0.2, -0.15) is 0 Å². The molecule has 25 heavy (non-hydrogen) atoms. The predicted octanol–water partition coefficient (Wildman–Crippen LogP) is 1.79. The molecule has 3 rings (SSSR count). The minimum atomic E-state index is -0.627. The van der Waals surface area contributed by atoms with Gasteiger partial charge in [0, 0.05) is 6.08 Å². The highest BCUT2D eigenvalue weighted by Gasteiger charge is 2.21. The number of carbonyl (C=O) groups excluding carboxylic acids is 2. The van der Waals surface area contributed by atoms with Gasteiger partial charge in [-0.1, -0.05) is 12.1 Å². The fourth-order valence-corrected chi connectivity index (χ4v) is 2.16. The van der Waals surface area contributed by atoms with E-state index in [2.05, 4.69) is 5.32 Å². The SMILES string of the molecule is O=C(COC(=O)/C=C/c1ccco1)NC[C@@H]1COc2ccccc2O1. The predicted molar refractivity (Wildman–Crippen MR) is 88.1 cm³/mol. The van der Waals surface area contributed by atoms with Crippen LogP contribution in [0.15, 0.2) is 53.2 Å². The van der Waals surface area contributed by atoms with E-state index in [1.807, 2.05) is 18.2 Å². The van der Waals surface area contributed by atoms with E-state index >= 15 is 0 Å². The third-order valence-corrected chi connectivity index (χ3v) is 3.37. The zero-order valence-corrected chi connectivity index (χ0v) is 13.3. The third kappa shape index (κ3) is 4.87. The number of fused-ring (bicyclic) bond motifs is 1. The first kappa shape index (κ1) is 16.6. The second kappa shape index (κ2) is 8.05. The van der Waals surface area contributed by atoms with Crippen LogP contribution in [0, 0.1) is 0 Å². The number of furan rings is 1. The van der Waals surface area contributed by atoms with Gasteiger partial charge in [-0.3, -0.25) is 4.79 Å². The van der Waals surface area contributed by atoms with Crippen molar-refractivity contribution < 1.29 is 28.2 Å². The van der Waals surface area contributed by atoms with Gasteiger partial charge in [-0.05, 0) is 30.3 Å². The number of para-hydroxylation sites is 2. The number of carbonyl (C=O) groups is 2. The summed E-state index contributed by atoms with van der Waals surface area (Å²) in [6.45, 7) is 0.224. The number of ether oxygens (including phenoxy) is 3. The van der Waals surface area contributed by atoms with Crippen molar-refractivity contribution in [2.45, 2.75) is 6.10 Å². The zero-order chi connectivity index (χ0) is 17.5. The Morgan fingerprint density at radius 2 is 2.04 bits per heavy atom. The quantitative estimate of drug-likeness (QED) is 0.636. The van der Waals surface area contributed by atoms with Crippen LogP contribution in [0.5, 0.6) is 11.5 Å². The van der Waals surface area contributed by atoms with Gasteiger partial charge in [0.25, 0.3) is 5.91 Å². The van der Waals surface area contributed by atoms with Crippen molar-refractivity contribution in [1.29, 1.82) is 0 Å². The Morgan fingerprint density at radius 1 is 1.20 bits per heavy atom.